The number of nitrogens with zero attached hydrogens (tertiary/aromatic N) is 3. The molecule has 0 aliphatic rings. The normalized spacial score (nSPS) is 11.1. The minimum Gasteiger partial charge on any atom is -0.456 e. The number of hydrogen-bond donors (Lipinski definition) is 0. The zero-order valence-corrected chi connectivity index (χ0v) is 15.9. The summed E-state index contributed by atoms with van der Waals surface area (Å²) in [5.41, 5.74) is 4.37. The first-order chi connectivity index (χ1) is 13.5. The van der Waals surface area contributed by atoms with Gasteiger partial charge in [0.1, 0.15) is 12.3 Å². The van der Waals surface area contributed by atoms with Crippen LogP contribution in [0.2, 0.25) is 0 Å². The molecule has 140 valence electrons. The van der Waals surface area contributed by atoms with Crippen LogP contribution in [0.15, 0.2) is 53.5 Å². The van der Waals surface area contributed by atoms with E-state index in [-0.39, 0.29) is 12.2 Å². The van der Waals surface area contributed by atoms with Crippen LogP contribution in [0.4, 0.5) is 0 Å². The summed E-state index contributed by atoms with van der Waals surface area (Å²) in [6.07, 6.45) is 1.67. The van der Waals surface area contributed by atoms with E-state index in [9.17, 15) is 9.59 Å². The van der Waals surface area contributed by atoms with Crippen LogP contribution < -0.4 is 5.56 Å². The van der Waals surface area contributed by atoms with E-state index in [1.165, 1.54) is 10.5 Å². The fourth-order valence-corrected chi connectivity index (χ4v) is 3.43. The van der Waals surface area contributed by atoms with Gasteiger partial charge in [-0.05, 0) is 44.0 Å². The van der Waals surface area contributed by atoms with Gasteiger partial charge in [-0.15, -0.1) is 0 Å². The van der Waals surface area contributed by atoms with Crippen molar-refractivity contribution >= 4 is 22.5 Å². The maximum absolute atomic E-state index is 12.7. The van der Waals surface area contributed by atoms with Crippen LogP contribution in [0.5, 0.6) is 0 Å². The maximum Gasteiger partial charge on any atom is 0.340 e. The van der Waals surface area contributed by atoms with Crippen LogP contribution in [0.25, 0.3) is 16.6 Å². The van der Waals surface area contributed by atoms with Crippen LogP contribution in [0.3, 0.4) is 0 Å². The number of carbonyl (C=O) groups excluding carboxylic acids is 1. The van der Waals surface area contributed by atoms with Crippen LogP contribution in [-0.2, 0) is 11.3 Å². The lowest BCUT2D eigenvalue weighted by atomic mass is 10.0. The molecule has 0 aliphatic carbocycles. The molecule has 0 atom stereocenters. The number of aryl methyl sites for hydroxylation is 3. The molecule has 0 bridgehead atoms. The first-order valence-corrected chi connectivity index (χ1v) is 8.96. The van der Waals surface area contributed by atoms with Gasteiger partial charge >= 0.3 is 5.97 Å². The van der Waals surface area contributed by atoms with Gasteiger partial charge in [0.15, 0.2) is 0 Å². The van der Waals surface area contributed by atoms with Gasteiger partial charge in [-0.3, -0.25) is 14.2 Å². The van der Waals surface area contributed by atoms with Gasteiger partial charge in [-0.1, -0.05) is 24.3 Å². The number of aromatic nitrogens is 3. The molecule has 3 heterocycles. The molecule has 0 saturated carbocycles. The van der Waals surface area contributed by atoms with Crippen LogP contribution in [0.1, 0.15) is 32.9 Å². The highest BCUT2D eigenvalue weighted by atomic mass is 16.5. The highest BCUT2D eigenvalue weighted by Gasteiger charge is 2.18. The highest BCUT2D eigenvalue weighted by molar-refractivity contribution is 5.98. The third kappa shape index (κ3) is 3.03. The Hall–Kier alpha value is -3.54. The molecule has 4 rings (SSSR count). The van der Waals surface area contributed by atoms with E-state index in [2.05, 4.69) is 9.97 Å². The molecule has 0 spiro atoms. The molecular weight excluding hydrogens is 354 g/mol. The quantitative estimate of drug-likeness (QED) is 0.514. The Morgan fingerprint density at radius 3 is 2.68 bits per heavy atom. The number of ether oxygens (including phenoxy) is 1. The molecule has 1 aromatic carbocycles. The predicted molar refractivity (Wildman–Crippen MR) is 107 cm³/mol. The van der Waals surface area contributed by atoms with Crippen molar-refractivity contribution in [3.8, 4) is 0 Å². The first kappa shape index (κ1) is 17.9. The summed E-state index contributed by atoms with van der Waals surface area (Å²) < 4.78 is 6.95. The molecule has 6 heteroatoms. The molecule has 6 nitrogen and oxygen atoms in total. The van der Waals surface area contributed by atoms with Crippen molar-refractivity contribution in [2.45, 2.75) is 27.4 Å². The van der Waals surface area contributed by atoms with E-state index in [1.54, 1.807) is 19.2 Å². The van der Waals surface area contributed by atoms with Crippen LogP contribution in [-0.4, -0.2) is 20.3 Å². The number of para-hydroxylation sites is 1. The summed E-state index contributed by atoms with van der Waals surface area (Å²) in [6.45, 7) is 5.48. The third-order valence-electron chi connectivity index (χ3n) is 4.83. The SMILES string of the molecule is Cc1nc2ccccc2c(C)c1C(=O)OCc1cc(=O)n2cccc(C)c2n1. The Morgan fingerprint density at radius 1 is 1.07 bits per heavy atom. The molecule has 3 aromatic heterocycles. The molecule has 28 heavy (non-hydrogen) atoms. The monoisotopic (exact) mass is 373 g/mol. The van der Waals surface area contributed by atoms with Gasteiger partial charge in [0.2, 0.25) is 0 Å². The van der Waals surface area contributed by atoms with Crippen molar-refractivity contribution in [3.05, 3.63) is 87.1 Å². The molecule has 0 saturated heterocycles. The van der Waals surface area contributed by atoms with Crippen molar-refractivity contribution in [3.63, 3.8) is 0 Å². The topological polar surface area (TPSA) is 73.6 Å². The second-order valence-electron chi connectivity index (χ2n) is 6.76. The molecular formula is C22H19N3O3. The maximum atomic E-state index is 12.7. The summed E-state index contributed by atoms with van der Waals surface area (Å²) in [5.74, 6) is -0.472. The van der Waals surface area contributed by atoms with E-state index < -0.39 is 5.97 Å². The Morgan fingerprint density at radius 2 is 1.86 bits per heavy atom. The second kappa shape index (κ2) is 6.88. The van der Waals surface area contributed by atoms with Gasteiger partial charge in [0, 0.05) is 17.6 Å². The average molecular weight is 373 g/mol. The second-order valence-corrected chi connectivity index (χ2v) is 6.76. The molecule has 4 aromatic rings. The van der Waals surface area contributed by atoms with E-state index in [4.69, 9.17) is 4.74 Å². The van der Waals surface area contributed by atoms with E-state index >= 15 is 0 Å². The summed E-state index contributed by atoms with van der Waals surface area (Å²) in [4.78, 5) is 34.0. The van der Waals surface area contributed by atoms with Crippen LogP contribution in [0, 0.1) is 20.8 Å². The number of pyridine rings is 2. The molecule has 0 N–H and O–H groups in total. The van der Waals surface area contributed by atoms with Crippen molar-refractivity contribution in [2.24, 2.45) is 0 Å². The minimum atomic E-state index is -0.472. The lowest BCUT2D eigenvalue weighted by Gasteiger charge is -2.12. The van der Waals surface area contributed by atoms with Crippen molar-refractivity contribution in [2.75, 3.05) is 0 Å². The molecule has 0 unspecified atom stereocenters. The largest absolute Gasteiger partial charge is 0.456 e. The van der Waals surface area contributed by atoms with Crippen molar-refractivity contribution < 1.29 is 9.53 Å². The summed E-state index contributed by atoms with van der Waals surface area (Å²) in [6, 6.07) is 12.7. The first-order valence-electron chi connectivity index (χ1n) is 8.96. The number of benzene rings is 1. The molecule has 0 aliphatic heterocycles. The lowest BCUT2D eigenvalue weighted by Crippen LogP contribution is -2.17. The van der Waals surface area contributed by atoms with E-state index in [0.29, 0.717) is 22.6 Å². The summed E-state index contributed by atoms with van der Waals surface area (Å²) >= 11 is 0. The van der Waals surface area contributed by atoms with E-state index in [1.807, 2.05) is 44.2 Å². The Bertz CT molecular complexity index is 1290. The van der Waals surface area contributed by atoms with Gasteiger partial charge in [-0.2, -0.15) is 0 Å². The lowest BCUT2D eigenvalue weighted by molar-refractivity contribution is 0.0465. The minimum absolute atomic E-state index is 0.0788. The van der Waals surface area contributed by atoms with Crippen molar-refractivity contribution in [1.29, 1.82) is 0 Å². The van der Waals surface area contributed by atoms with Crippen molar-refractivity contribution in [1.82, 2.24) is 14.4 Å². The van der Waals surface area contributed by atoms with Crippen LogP contribution >= 0.6 is 0 Å². The zero-order valence-electron chi connectivity index (χ0n) is 15.9. The number of esters is 1. The third-order valence-corrected chi connectivity index (χ3v) is 4.83. The Balaban J connectivity index is 1.65. The highest BCUT2D eigenvalue weighted by Crippen LogP contribution is 2.23. The summed E-state index contributed by atoms with van der Waals surface area (Å²) in [7, 11) is 0. The molecule has 0 fully saturated rings. The predicted octanol–water partition coefficient (Wildman–Crippen LogP) is 3.52. The van der Waals surface area contributed by atoms with Gasteiger partial charge in [0.25, 0.3) is 5.56 Å². The average Bonchev–Trinajstić information content (AvgIpc) is 2.67. The standard InChI is InChI=1S/C22H19N3O3/c1-13-7-6-10-25-19(26)11-16(24-21(13)25)12-28-22(27)20-14(2)17-8-4-5-9-18(17)23-15(20)3/h4-11H,12H2,1-3H3. The fraction of sp³-hybridized carbons (Fsp3) is 0.182. The summed E-state index contributed by atoms with van der Waals surface area (Å²) in [5, 5.41) is 0.915. The Labute approximate surface area is 161 Å². The number of rotatable bonds is 3. The molecule has 0 radical (unpaired) electrons. The fourth-order valence-electron chi connectivity index (χ4n) is 3.43. The Kier molecular flexibility index (Phi) is 4.39. The number of carbonyl (C=O) groups is 1. The van der Waals surface area contributed by atoms with Gasteiger partial charge in [-0.25, -0.2) is 9.78 Å². The smallest absolute Gasteiger partial charge is 0.340 e. The van der Waals surface area contributed by atoms with Gasteiger partial charge < -0.3 is 4.74 Å². The zero-order chi connectivity index (χ0) is 19.8. The number of fused-ring (bicyclic) bond motifs is 2. The van der Waals surface area contributed by atoms with Gasteiger partial charge in [0.05, 0.1) is 22.5 Å². The van der Waals surface area contributed by atoms with E-state index in [0.717, 1.165) is 22.0 Å². The molecule has 0 amide bonds. The number of hydrogen-bond acceptors (Lipinski definition) is 5.